The van der Waals surface area contributed by atoms with E-state index >= 15 is 0 Å². The molecule has 0 spiro atoms. The van der Waals surface area contributed by atoms with Crippen molar-refractivity contribution >= 4 is 56.2 Å². The van der Waals surface area contributed by atoms with Crippen LogP contribution in [0.2, 0.25) is 5.02 Å². The minimum absolute atomic E-state index is 0.0374. The molecule has 0 saturated heterocycles. The van der Waals surface area contributed by atoms with Crippen LogP contribution in [-0.4, -0.2) is 33.4 Å². The summed E-state index contributed by atoms with van der Waals surface area (Å²) in [6.07, 6.45) is 0. The second kappa shape index (κ2) is 10.1. The number of anilines is 2. The maximum atomic E-state index is 14.4. The highest BCUT2D eigenvalue weighted by atomic mass is 35.5. The molecule has 2 aromatic carbocycles. The van der Waals surface area contributed by atoms with E-state index in [9.17, 15) is 22.4 Å². The molecule has 3 aromatic rings. The molecule has 0 aliphatic carbocycles. The van der Waals surface area contributed by atoms with Crippen molar-refractivity contribution < 1.29 is 27.1 Å². The Morgan fingerprint density at radius 2 is 1.91 bits per heavy atom. The largest absolute Gasteiger partial charge is 0.462 e. The predicted molar refractivity (Wildman–Crippen MR) is 121 cm³/mol. The Morgan fingerprint density at radius 3 is 2.56 bits per heavy atom. The molecule has 32 heavy (non-hydrogen) atoms. The molecule has 0 saturated carbocycles. The van der Waals surface area contributed by atoms with Crippen molar-refractivity contribution in [2.24, 2.45) is 0 Å². The maximum Gasteiger partial charge on any atom is 0.339 e. The summed E-state index contributed by atoms with van der Waals surface area (Å²) in [6, 6.07) is 12.4. The molecule has 1 aromatic heterocycles. The number of carbonyl (C=O) groups excluding carboxylic acids is 2. The van der Waals surface area contributed by atoms with E-state index in [4.69, 9.17) is 16.3 Å². The number of halogens is 2. The zero-order valence-electron chi connectivity index (χ0n) is 16.7. The summed E-state index contributed by atoms with van der Waals surface area (Å²) < 4.78 is 46.2. The summed E-state index contributed by atoms with van der Waals surface area (Å²) in [6.45, 7) is 1.09. The van der Waals surface area contributed by atoms with Crippen LogP contribution >= 0.6 is 22.9 Å². The quantitative estimate of drug-likeness (QED) is 0.462. The first-order valence-corrected chi connectivity index (χ1v) is 12.0. The van der Waals surface area contributed by atoms with Crippen LogP contribution in [-0.2, 0) is 19.6 Å². The number of para-hydroxylation sites is 1. The Balaban J connectivity index is 1.89. The number of carbonyl (C=O) groups is 2. The number of thiophene rings is 1. The summed E-state index contributed by atoms with van der Waals surface area (Å²) in [5, 5.41) is 4.21. The highest BCUT2D eigenvalue weighted by Gasteiger charge is 2.30. The van der Waals surface area contributed by atoms with Crippen LogP contribution in [0.4, 0.5) is 15.8 Å². The number of esters is 1. The molecule has 0 radical (unpaired) electrons. The van der Waals surface area contributed by atoms with Crippen LogP contribution < -0.4 is 9.62 Å². The van der Waals surface area contributed by atoms with E-state index in [2.05, 4.69) is 5.32 Å². The van der Waals surface area contributed by atoms with Gasteiger partial charge >= 0.3 is 5.97 Å². The van der Waals surface area contributed by atoms with Gasteiger partial charge in [-0.05, 0) is 48.7 Å². The minimum atomic E-state index is -4.20. The van der Waals surface area contributed by atoms with Crippen molar-refractivity contribution in [1.82, 2.24) is 0 Å². The van der Waals surface area contributed by atoms with Gasteiger partial charge in [-0.25, -0.2) is 17.6 Å². The molecule has 1 amide bonds. The van der Waals surface area contributed by atoms with Gasteiger partial charge in [0.15, 0.2) is 0 Å². The third-order valence-corrected chi connectivity index (χ3v) is 7.66. The lowest BCUT2D eigenvalue weighted by molar-refractivity contribution is -0.114. The van der Waals surface area contributed by atoms with Crippen LogP contribution in [0, 0.1) is 5.82 Å². The molecule has 0 atom stereocenters. The lowest BCUT2D eigenvalue weighted by Gasteiger charge is -2.23. The van der Waals surface area contributed by atoms with E-state index in [0.717, 1.165) is 17.4 Å². The van der Waals surface area contributed by atoms with E-state index in [-0.39, 0.29) is 32.8 Å². The lowest BCUT2D eigenvalue weighted by Crippen LogP contribution is -2.38. The number of sulfonamides is 1. The summed E-state index contributed by atoms with van der Waals surface area (Å²) in [4.78, 5) is 24.7. The Bertz CT molecular complexity index is 1230. The maximum absolute atomic E-state index is 14.4. The second-order valence-electron chi connectivity index (χ2n) is 6.36. The van der Waals surface area contributed by atoms with E-state index in [0.29, 0.717) is 4.31 Å². The topological polar surface area (TPSA) is 92.8 Å². The molecule has 0 bridgehead atoms. The third kappa shape index (κ3) is 5.26. The standard InChI is InChI=1S/C21H18ClFN2O5S2/c1-2-30-21(27)15-12-14(9-10-16(15)22)24-19(26)13-25(18-7-4-3-6-17(18)23)32(28,29)20-8-5-11-31-20/h3-12H,2,13H2,1H3,(H,24,26). The van der Waals surface area contributed by atoms with Gasteiger partial charge in [0, 0.05) is 5.69 Å². The van der Waals surface area contributed by atoms with Crippen molar-refractivity contribution in [3.63, 3.8) is 0 Å². The lowest BCUT2D eigenvalue weighted by atomic mass is 10.2. The Labute approximate surface area is 193 Å². The normalized spacial score (nSPS) is 11.1. The van der Waals surface area contributed by atoms with Crippen molar-refractivity contribution in [2.75, 3.05) is 22.8 Å². The molecule has 0 fully saturated rings. The molecule has 0 aliphatic heterocycles. The average molecular weight is 497 g/mol. The Morgan fingerprint density at radius 1 is 1.16 bits per heavy atom. The van der Waals surface area contributed by atoms with Crippen molar-refractivity contribution in [3.8, 4) is 0 Å². The molecule has 0 unspecified atom stereocenters. The summed E-state index contributed by atoms with van der Waals surface area (Å²) in [7, 11) is -4.20. The highest BCUT2D eigenvalue weighted by Crippen LogP contribution is 2.28. The predicted octanol–water partition coefficient (Wildman–Crippen LogP) is 4.55. The van der Waals surface area contributed by atoms with E-state index < -0.39 is 34.3 Å². The first-order chi connectivity index (χ1) is 15.2. The number of hydrogen-bond donors (Lipinski definition) is 1. The second-order valence-corrected chi connectivity index (χ2v) is 9.80. The van der Waals surface area contributed by atoms with Crippen LogP contribution in [0.1, 0.15) is 17.3 Å². The summed E-state index contributed by atoms with van der Waals surface area (Å²) in [5.41, 5.74) is -0.0210. The third-order valence-electron chi connectivity index (χ3n) is 4.19. The number of amides is 1. The van der Waals surface area contributed by atoms with E-state index in [1.807, 2.05) is 0 Å². The zero-order valence-corrected chi connectivity index (χ0v) is 19.1. The fourth-order valence-electron chi connectivity index (χ4n) is 2.77. The summed E-state index contributed by atoms with van der Waals surface area (Å²) in [5.74, 6) is -2.20. The number of benzene rings is 2. The number of hydrogen-bond acceptors (Lipinski definition) is 6. The first-order valence-electron chi connectivity index (χ1n) is 9.31. The highest BCUT2D eigenvalue weighted by molar-refractivity contribution is 7.94. The number of ether oxygens (including phenoxy) is 1. The molecule has 168 valence electrons. The van der Waals surface area contributed by atoms with E-state index in [1.165, 1.54) is 42.5 Å². The molecule has 1 N–H and O–H groups in total. The molecular formula is C21H18ClFN2O5S2. The SMILES string of the molecule is CCOC(=O)c1cc(NC(=O)CN(c2ccccc2F)S(=O)(=O)c2cccs2)ccc1Cl. The van der Waals surface area contributed by atoms with Crippen LogP contribution in [0.5, 0.6) is 0 Å². The molecule has 3 rings (SSSR count). The van der Waals surface area contributed by atoms with Crippen LogP contribution in [0.3, 0.4) is 0 Å². The monoisotopic (exact) mass is 496 g/mol. The number of rotatable bonds is 8. The van der Waals surface area contributed by atoms with Gasteiger partial charge in [0.05, 0.1) is 22.9 Å². The number of nitrogens with zero attached hydrogens (tertiary/aromatic N) is 1. The van der Waals surface area contributed by atoms with Gasteiger partial charge in [0.2, 0.25) is 5.91 Å². The van der Waals surface area contributed by atoms with Crippen molar-refractivity contribution in [2.45, 2.75) is 11.1 Å². The molecule has 0 aliphatic rings. The molecular weight excluding hydrogens is 479 g/mol. The van der Waals surface area contributed by atoms with Crippen LogP contribution in [0.25, 0.3) is 0 Å². The smallest absolute Gasteiger partial charge is 0.339 e. The fraction of sp³-hybridized carbons (Fsp3) is 0.143. The fourth-order valence-corrected chi connectivity index (χ4v) is 5.50. The first kappa shape index (κ1) is 23.7. The van der Waals surface area contributed by atoms with E-state index in [1.54, 1.807) is 18.4 Å². The Kier molecular flexibility index (Phi) is 7.49. The van der Waals surface area contributed by atoms with Crippen LogP contribution in [0.15, 0.2) is 64.2 Å². The van der Waals surface area contributed by atoms with Gasteiger partial charge in [0.25, 0.3) is 10.0 Å². The van der Waals surface area contributed by atoms with Crippen molar-refractivity contribution in [3.05, 3.63) is 76.4 Å². The molecule has 11 heteroatoms. The summed E-state index contributed by atoms with van der Waals surface area (Å²) >= 11 is 6.97. The average Bonchev–Trinajstić information content (AvgIpc) is 3.30. The zero-order chi connectivity index (χ0) is 23.3. The molecule has 7 nitrogen and oxygen atoms in total. The van der Waals surface area contributed by atoms with Gasteiger partial charge in [-0.2, -0.15) is 0 Å². The van der Waals surface area contributed by atoms with Gasteiger partial charge in [-0.3, -0.25) is 9.10 Å². The molecule has 1 heterocycles. The van der Waals surface area contributed by atoms with Gasteiger partial charge in [0.1, 0.15) is 16.6 Å². The Hall–Kier alpha value is -2.95. The minimum Gasteiger partial charge on any atom is -0.462 e. The number of nitrogens with one attached hydrogen (secondary N) is 1. The van der Waals surface area contributed by atoms with Crippen molar-refractivity contribution in [1.29, 1.82) is 0 Å². The van der Waals surface area contributed by atoms with Gasteiger partial charge in [-0.1, -0.05) is 29.8 Å². The van der Waals surface area contributed by atoms with Gasteiger partial charge < -0.3 is 10.1 Å². The van der Waals surface area contributed by atoms with Gasteiger partial charge in [-0.15, -0.1) is 11.3 Å².